The van der Waals surface area contributed by atoms with Crippen molar-refractivity contribution >= 4 is 17.5 Å². The van der Waals surface area contributed by atoms with Crippen molar-refractivity contribution in [3.05, 3.63) is 65.0 Å². The van der Waals surface area contributed by atoms with E-state index in [4.69, 9.17) is 20.9 Å². The molecule has 0 radical (unpaired) electrons. The van der Waals surface area contributed by atoms with Gasteiger partial charge in [-0.15, -0.1) is 0 Å². The summed E-state index contributed by atoms with van der Waals surface area (Å²) in [5.41, 5.74) is 1.97. The first-order valence-electron chi connectivity index (χ1n) is 10.3. The first-order chi connectivity index (χ1) is 15.1. The number of nitrogens with zero attached hydrogens (tertiary/aromatic N) is 4. The summed E-state index contributed by atoms with van der Waals surface area (Å²) in [6, 6.07) is 15.1. The highest BCUT2D eigenvalue weighted by Gasteiger charge is 2.21. The van der Waals surface area contributed by atoms with E-state index < -0.39 is 0 Å². The van der Waals surface area contributed by atoms with Crippen LogP contribution < -0.4 is 4.74 Å². The zero-order valence-corrected chi connectivity index (χ0v) is 18.2. The zero-order chi connectivity index (χ0) is 21.6. The fourth-order valence-corrected chi connectivity index (χ4v) is 3.67. The van der Waals surface area contributed by atoms with E-state index in [-0.39, 0.29) is 12.5 Å². The number of hydrogen-bond donors (Lipinski definition) is 0. The molecule has 2 aromatic carbocycles. The molecule has 0 saturated carbocycles. The second-order valence-corrected chi connectivity index (χ2v) is 8.07. The normalized spacial score (nSPS) is 15.0. The standard InChI is InChI=1S/C23H25ClN4O3/c1-17-4-2-5-20(14-17)30-16-22(29)28-11-3-10-27(12-13-28)15-21-25-23(26-31-21)18-6-8-19(24)9-7-18/h2,4-9,14H,3,10-13,15-16H2,1H3. The molecule has 162 valence electrons. The SMILES string of the molecule is Cc1cccc(OCC(=O)N2CCCN(Cc3nc(-c4ccc(Cl)cc4)no3)CC2)c1. The minimum atomic E-state index is 0.00571. The van der Waals surface area contributed by atoms with Crippen molar-refractivity contribution in [2.75, 3.05) is 32.8 Å². The molecule has 0 atom stereocenters. The maximum absolute atomic E-state index is 12.6. The molecule has 2 heterocycles. The summed E-state index contributed by atoms with van der Waals surface area (Å²) in [6.45, 7) is 5.58. The maximum atomic E-state index is 12.6. The number of aryl methyl sites for hydroxylation is 1. The van der Waals surface area contributed by atoms with Gasteiger partial charge in [0.1, 0.15) is 5.75 Å². The number of amides is 1. The molecule has 4 rings (SSSR count). The highest BCUT2D eigenvalue weighted by atomic mass is 35.5. The van der Waals surface area contributed by atoms with E-state index in [1.165, 1.54) is 0 Å². The van der Waals surface area contributed by atoms with Crippen molar-refractivity contribution in [2.24, 2.45) is 0 Å². The van der Waals surface area contributed by atoms with E-state index in [9.17, 15) is 4.79 Å². The average Bonchev–Trinajstić information content (AvgIpc) is 3.10. The van der Waals surface area contributed by atoms with E-state index in [0.29, 0.717) is 36.4 Å². The lowest BCUT2D eigenvalue weighted by molar-refractivity contribution is -0.133. The Hall–Kier alpha value is -2.90. The number of hydrogen-bond acceptors (Lipinski definition) is 6. The fraction of sp³-hybridized carbons (Fsp3) is 0.348. The molecular weight excluding hydrogens is 416 g/mol. The van der Waals surface area contributed by atoms with Gasteiger partial charge in [0.15, 0.2) is 6.61 Å². The van der Waals surface area contributed by atoms with Crippen LogP contribution >= 0.6 is 11.6 Å². The molecule has 1 fully saturated rings. The quantitative estimate of drug-likeness (QED) is 0.580. The molecule has 0 aliphatic carbocycles. The molecule has 0 unspecified atom stereocenters. The topological polar surface area (TPSA) is 71.7 Å². The number of ether oxygens (including phenoxy) is 1. The highest BCUT2D eigenvalue weighted by molar-refractivity contribution is 6.30. The Kier molecular flexibility index (Phi) is 6.84. The summed E-state index contributed by atoms with van der Waals surface area (Å²) < 4.78 is 11.1. The Labute approximate surface area is 186 Å². The van der Waals surface area contributed by atoms with Gasteiger partial charge in [-0.2, -0.15) is 4.98 Å². The molecule has 7 nitrogen and oxygen atoms in total. The molecule has 1 aromatic heterocycles. The van der Waals surface area contributed by atoms with E-state index in [1.807, 2.05) is 48.2 Å². The molecule has 31 heavy (non-hydrogen) atoms. The van der Waals surface area contributed by atoms with E-state index >= 15 is 0 Å². The molecule has 3 aromatic rings. The maximum Gasteiger partial charge on any atom is 0.260 e. The summed E-state index contributed by atoms with van der Waals surface area (Å²) in [4.78, 5) is 21.2. The Morgan fingerprint density at radius 1 is 1.13 bits per heavy atom. The molecule has 0 N–H and O–H groups in total. The predicted octanol–water partition coefficient (Wildman–Crippen LogP) is 3.81. The summed E-state index contributed by atoms with van der Waals surface area (Å²) >= 11 is 5.93. The van der Waals surface area contributed by atoms with Crippen LogP contribution in [0.15, 0.2) is 53.1 Å². The Morgan fingerprint density at radius 3 is 2.77 bits per heavy atom. The molecule has 1 amide bonds. The number of rotatable bonds is 6. The van der Waals surface area contributed by atoms with Gasteiger partial charge in [0.2, 0.25) is 11.7 Å². The van der Waals surface area contributed by atoms with E-state index in [2.05, 4.69) is 15.0 Å². The minimum Gasteiger partial charge on any atom is -0.484 e. The van der Waals surface area contributed by atoms with Gasteiger partial charge in [-0.3, -0.25) is 9.69 Å². The smallest absolute Gasteiger partial charge is 0.260 e. The summed E-state index contributed by atoms with van der Waals surface area (Å²) in [5, 5.41) is 4.74. The third-order valence-corrected chi connectivity index (χ3v) is 5.47. The van der Waals surface area contributed by atoms with Crippen molar-refractivity contribution < 1.29 is 14.1 Å². The first kappa shape index (κ1) is 21.3. The lowest BCUT2D eigenvalue weighted by Crippen LogP contribution is -2.38. The molecule has 1 aliphatic heterocycles. The third kappa shape index (κ3) is 5.83. The van der Waals surface area contributed by atoms with Crippen LogP contribution in [-0.2, 0) is 11.3 Å². The number of aromatic nitrogens is 2. The monoisotopic (exact) mass is 440 g/mol. The molecule has 1 saturated heterocycles. The minimum absolute atomic E-state index is 0.00571. The van der Waals surface area contributed by atoms with Crippen molar-refractivity contribution in [1.29, 1.82) is 0 Å². The van der Waals surface area contributed by atoms with E-state index in [1.54, 1.807) is 12.1 Å². The summed E-state index contributed by atoms with van der Waals surface area (Å²) in [6.07, 6.45) is 0.883. The van der Waals surface area contributed by atoms with Gasteiger partial charge in [0.05, 0.1) is 6.54 Å². The van der Waals surface area contributed by atoms with Crippen molar-refractivity contribution in [3.63, 3.8) is 0 Å². The summed E-state index contributed by atoms with van der Waals surface area (Å²) in [7, 11) is 0. The number of halogens is 1. The van der Waals surface area contributed by atoms with Crippen LogP contribution in [0.4, 0.5) is 0 Å². The van der Waals surface area contributed by atoms with Crippen LogP contribution in [0.25, 0.3) is 11.4 Å². The molecular formula is C23H25ClN4O3. The number of benzene rings is 2. The van der Waals surface area contributed by atoms with Gasteiger partial charge in [-0.1, -0.05) is 28.9 Å². The molecule has 0 spiro atoms. The second-order valence-electron chi connectivity index (χ2n) is 7.63. The van der Waals surface area contributed by atoms with Gasteiger partial charge in [0, 0.05) is 36.8 Å². The van der Waals surface area contributed by atoms with Crippen molar-refractivity contribution in [2.45, 2.75) is 19.9 Å². The van der Waals surface area contributed by atoms with Gasteiger partial charge >= 0.3 is 0 Å². The van der Waals surface area contributed by atoms with Gasteiger partial charge in [0.25, 0.3) is 5.91 Å². The van der Waals surface area contributed by atoms with Crippen LogP contribution in [0.1, 0.15) is 17.9 Å². The predicted molar refractivity (Wildman–Crippen MR) is 118 cm³/mol. The van der Waals surface area contributed by atoms with Gasteiger partial charge < -0.3 is 14.2 Å². The largest absolute Gasteiger partial charge is 0.484 e. The van der Waals surface area contributed by atoms with Crippen molar-refractivity contribution in [1.82, 2.24) is 19.9 Å². The fourth-order valence-electron chi connectivity index (χ4n) is 3.55. The van der Waals surface area contributed by atoms with Crippen LogP contribution in [0.5, 0.6) is 5.75 Å². The van der Waals surface area contributed by atoms with E-state index in [0.717, 1.165) is 36.4 Å². The lowest BCUT2D eigenvalue weighted by Gasteiger charge is -2.21. The van der Waals surface area contributed by atoms with Gasteiger partial charge in [-0.05, 0) is 55.3 Å². The Bertz CT molecular complexity index is 1020. The van der Waals surface area contributed by atoms with Crippen LogP contribution in [0, 0.1) is 6.92 Å². The third-order valence-electron chi connectivity index (χ3n) is 5.22. The van der Waals surface area contributed by atoms with Crippen molar-refractivity contribution in [3.8, 4) is 17.1 Å². The first-order valence-corrected chi connectivity index (χ1v) is 10.7. The van der Waals surface area contributed by atoms with Crippen LogP contribution in [-0.4, -0.2) is 58.6 Å². The Morgan fingerprint density at radius 2 is 1.97 bits per heavy atom. The number of carbonyl (C=O) groups excluding carboxylic acids is 1. The zero-order valence-electron chi connectivity index (χ0n) is 17.5. The summed E-state index contributed by atoms with van der Waals surface area (Å²) in [5.74, 6) is 1.84. The highest BCUT2D eigenvalue weighted by Crippen LogP contribution is 2.19. The average molecular weight is 441 g/mol. The molecule has 8 heteroatoms. The van der Waals surface area contributed by atoms with Gasteiger partial charge in [-0.25, -0.2) is 0 Å². The van der Waals surface area contributed by atoms with Crippen LogP contribution in [0.2, 0.25) is 5.02 Å². The lowest BCUT2D eigenvalue weighted by atomic mass is 10.2. The second kappa shape index (κ2) is 9.94. The van der Waals surface area contributed by atoms with Crippen LogP contribution in [0.3, 0.4) is 0 Å². The molecule has 0 bridgehead atoms. The number of carbonyl (C=O) groups is 1. The molecule has 1 aliphatic rings. The Balaban J connectivity index is 1.28.